The van der Waals surface area contributed by atoms with E-state index in [9.17, 15) is 14.4 Å². The van der Waals surface area contributed by atoms with Crippen LogP contribution in [0.3, 0.4) is 0 Å². The molecule has 7 heteroatoms. The van der Waals surface area contributed by atoms with Crippen LogP contribution in [0.5, 0.6) is 5.75 Å². The first-order chi connectivity index (χ1) is 14.1. The summed E-state index contributed by atoms with van der Waals surface area (Å²) in [5, 5.41) is 8.50. The molecule has 2 aromatic rings. The van der Waals surface area contributed by atoms with Gasteiger partial charge in [-0.3, -0.25) is 14.4 Å². The van der Waals surface area contributed by atoms with Crippen molar-refractivity contribution >= 4 is 29.1 Å². The molecule has 0 radical (unpaired) electrons. The van der Waals surface area contributed by atoms with Crippen molar-refractivity contribution in [1.29, 1.82) is 0 Å². The number of amides is 3. The number of anilines is 2. The van der Waals surface area contributed by atoms with E-state index in [-0.39, 0.29) is 36.3 Å². The van der Waals surface area contributed by atoms with Crippen molar-refractivity contribution < 1.29 is 19.1 Å². The van der Waals surface area contributed by atoms with Gasteiger partial charge in [-0.05, 0) is 56.0 Å². The maximum Gasteiger partial charge on any atom is 0.262 e. The lowest BCUT2D eigenvalue weighted by molar-refractivity contribution is -0.118. The van der Waals surface area contributed by atoms with Crippen LogP contribution >= 0.6 is 0 Å². The van der Waals surface area contributed by atoms with E-state index in [1.54, 1.807) is 48.5 Å². The second-order valence-electron chi connectivity index (χ2n) is 7.46. The van der Waals surface area contributed by atoms with Crippen molar-refractivity contribution in [2.24, 2.45) is 5.92 Å². The Hall–Kier alpha value is -3.35. The van der Waals surface area contributed by atoms with Gasteiger partial charge < -0.3 is 20.7 Å². The van der Waals surface area contributed by atoms with Crippen LogP contribution in [0.1, 0.15) is 36.0 Å². The Morgan fingerprint density at radius 2 is 1.62 bits per heavy atom. The fourth-order valence-electron chi connectivity index (χ4n) is 2.83. The number of rotatable bonds is 8. The van der Waals surface area contributed by atoms with Gasteiger partial charge in [0.25, 0.3) is 11.8 Å². The molecule has 29 heavy (non-hydrogen) atoms. The highest BCUT2D eigenvalue weighted by molar-refractivity contribution is 5.97. The number of nitrogens with one attached hydrogen (secondary N) is 3. The van der Waals surface area contributed by atoms with Gasteiger partial charge in [-0.2, -0.15) is 0 Å². The van der Waals surface area contributed by atoms with E-state index in [2.05, 4.69) is 16.0 Å². The van der Waals surface area contributed by atoms with Crippen molar-refractivity contribution in [3.63, 3.8) is 0 Å². The topological polar surface area (TPSA) is 96.5 Å². The Morgan fingerprint density at radius 3 is 2.34 bits per heavy atom. The molecule has 2 aliphatic rings. The van der Waals surface area contributed by atoms with Gasteiger partial charge in [0.1, 0.15) is 5.75 Å². The van der Waals surface area contributed by atoms with Gasteiger partial charge in [-0.1, -0.05) is 12.1 Å². The minimum absolute atomic E-state index is 0.0190. The van der Waals surface area contributed by atoms with E-state index >= 15 is 0 Å². The van der Waals surface area contributed by atoms with Gasteiger partial charge in [-0.25, -0.2) is 0 Å². The van der Waals surface area contributed by atoms with Gasteiger partial charge in [0.15, 0.2) is 6.61 Å². The Balaban J connectivity index is 1.28. The van der Waals surface area contributed by atoms with Gasteiger partial charge in [0.2, 0.25) is 5.91 Å². The number of carbonyl (C=O) groups is 3. The van der Waals surface area contributed by atoms with E-state index in [4.69, 9.17) is 4.74 Å². The molecule has 2 saturated carbocycles. The summed E-state index contributed by atoms with van der Waals surface area (Å²) in [6.45, 7) is -0.182. The summed E-state index contributed by atoms with van der Waals surface area (Å²) in [6, 6.07) is 14.0. The highest BCUT2D eigenvalue weighted by Gasteiger charge is 2.29. The van der Waals surface area contributed by atoms with Crippen molar-refractivity contribution in [3.05, 3.63) is 54.1 Å². The molecule has 0 spiro atoms. The molecular weight excluding hydrogens is 370 g/mol. The molecule has 0 aromatic heterocycles. The lowest BCUT2D eigenvalue weighted by Gasteiger charge is -2.10. The van der Waals surface area contributed by atoms with E-state index in [1.165, 1.54) is 0 Å². The van der Waals surface area contributed by atoms with Crippen LogP contribution in [0, 0.1) is 5.92 Å². The molecule has 0 unspecified atom stereocenters. The van der Waals surface area contributed by atoms with Crippen molar-refractivity contribution in [1.82, 2.24) is 5.32 Å². The van der Waals surface area contributed by atoms with Gasteiger partial charge in [-0.15, -0.1) is 0 Å². The van der Waals surface area contributed by atoms with Crippen LogP contribution in [0.2, 0.25) is 0 Å². The molecule has 3 amide bonds. The molecule has 2 fully saturated rings. The molecule has 0 saturated heterocycles. The highest BCUT2D eigenvalue weighted by Crippen LogP contribution is 2.30. The quantitative estimate of drug-likeness (QED) is 0.642. The van der Waals surface area contributed by atoms with Crippen molar-refractivity contribution in [3.8, 4) is 5.75 Å². The Kier molecular flexibility index (Phi) is 5.46. The smallest absolute Gasteiger partial charge is 0.262 e. The summed E-state index contributed by atoms with van der Waals surface area (Å²) in [4.78, 5) is 36.2. The Labute approximate surface area is 168 Å². The third kappa shape index (κ3) is 5.57. The highest BCUT2D eigenvalue weighted by atomic mass is 16.5. The standard InChI is InChI=1S/C22H23N3O4/c26-20(23-17-4-1-3-15(11-17)22(28)24-16-9-10-16)13-29-19-6-2-5-18(12-19)25-21(27)14-7-8-14/h1-6,11-12,14,16H,7-10,13H2,(H,23,26)(H,24,28)(H,25,27). The summed E-state index contributed by atoms with van der Waals surface area (Å²) in [6.07, 6.45) is 3.91. The zero-order chi connectivity index (χ0) is 20.2. The molecule has 0 heterocycles. The largest absolute Gasteiger partial charge is 0.484 e. The normalized spacial score (nSPS) is 15.3. The van der Waals surface area contributed by atoms with Crippen LogP contribution in [-0.4, -0.2) is 30.4 Å². The average molecular weight is 393 g/mol. The number of ether oxygens (including phenoxy) is 1. The zero-order valence-corrected chi connectivity index (χ0v) is 15.9. The number of benzene rings is 2. The molecule has 150 valence electrons. The SMILES string of the molecule is O=C(COc1cccc(NC(=O)C2CC2)c1)Nc1cccc(C(=O)NC2CC2)c1. The summed E-state index contributed by atoms with van der Waals surface area (Å²) >= 11 is 0. The molecular formula is C22H23N3O4. The predicted octanol–water partition coefficient (Wildman–Crippen LogP) is 2.94. The molecule has 0 atom stereocenters. The third-order valence-corrected chi connectivity index (χ3v) is 4.74. The van der Waals surface area contributed by atoms with E-state index < -0.39 is 0 Å². The molecule has 0 aliphatic heterocycles. The summed E-state index contributed by atoms with van der Waals surface area (Å²) in [5.41, 5.74) is 1.69. The van der Waals surface area contributed by atoms with Crippen LogP contribution < -0.4 is 20.7 Å². The monoisotopic (exact) mass is 393 g/mol. The summed E-state index contributed by atoms with van der Waals surface area (Å²) in [5.74, 6) is 0.159. The fraction of sp³-hybridized carbons (Fsp3) is 0.318. The fourth-order valence-corrected chi connectivity index (χ4v) is 2.83. The average Bonchev–Trinajstić information content (AvgIpc) is 3.61. The number of hydrogen-bond acceptors (Lipinski definition) is 4. The van der Waals surface area contributed by atoms with Crippen LogP contribution in [-0.2, 0) is 9.59 Å². The minimum atomic E-state index is -0.336. The first-order valence-corrected chi connectivity index (χ1v) is 9.81. The molecule has 7 nitrogen and oxygen atoms in total. The molecule has 4 rings (SSSR count). The van der Waals surface area contributed by atoms with Crippen molar-refractivity contribution in [2.75, 3.05) is 17.2 Å². The number of carbonyl (C=O) groups excluding carboxylic acids is 3. The Bertz CT molecular complexity index is 935. The number of hydrogen-bond donors (Lipinski definition) is 3. The predicted molar refractivity (Wildman–Crippen MR) is 109 cm³/mol. The second kappa shape index (κ2) is 8.34. The summed E-state index contributed by atoms with van der Waals surface area (Å²) < 4.78 is 5.53. The summed E-state index contributed by atoms with van der Waals surface area (Å²) in [7, 11) is 0. The lowest BCUT2D eigenvalue weighted by Crippen LogP contribution is -2.25. The molecule has 2 aromatic carbocycles. The van der Waals surface area contributed by atoms with Crippen molar-refractivity contribution in [2.45, 2.75) is 31.7 Å². The van der Waals surface area contributed by atoms with Gasteiger partial charge in [0, 0.05) is 35.0 Å². The third-order valence-electron chi connectivity index (χ3n) is 4.74. The minimum Gasteiger partial charge on any atom is -0.484 e. The van der Waals surface area contributed by atoms with E-state index in [1.807, 2.05) is 0 Å². The first-order valence-electron chi connectivity index (χ1n) is 9.81. The Morgan fingerprint density at radius 1 is 0.897 bits per heavy atom. The second-order valence-corrected chi connectivity index (χ2v) is 7.46. The maximum absolute atomic E-state index is 12.2. The first kappa shape index (κ1) is 19.0. The van der Waals surface area contributed by atoms with Crippen LogP contribution in [0.25, 0.3) is 0 Å². The van der Waals surface area contributed by atoms with Gasteiger partial charge >= 0.3 is 0 Å². The molecule has 3 N–H and O–H groups in total. The lowest BCUT2D eigenvalue weighted by atomic mass is 10.2. The zero-order valence-electron chi connectivity index (χ0n) is 15.9. The van der Waals surface area contributed by atoms with E-state index in [0.29, 0.717) is 22.7 Å². The van der Waals surface area contributed by atoms with Crippen LogP contribution in [0.15, 0.2) is 48.5 Å². The van der Waals surface area contributed by atoms with Gasteiger partial charge in [0.05, 0.1) is 0 Å². The van der Waals surface area contributed by atoms with E-state index in [0.717, 1.165) is 25.7 Å². The maximum atomic E-state index is 12.2. The molecule has 2 aliphatic carbocycles. The molecule has 0 bridgehead atoms. The van der Waals surface area contributed by atoms with Crippen LogP contribution in [0.4, 0.5) is 11.4 Å².